The number of nitrogens with zero attached hydrogens (tertiary/aromatic N) is 4. The van der Waals surface area contributed by atoms with E-state index in [1.807, 2.05) is 32.0 Å². The van der Waals surface area contributed by atoms with Crippen LogP contribution in [0, 0.1) is 28.4 Å². The van der Waals surface area contributed by atoms with Crippen LogP contribution in [0.25, 0.3) is 0 Å². The molecule has 13 heteroatoms. The molecule has 1 aromatic heterocycles. The molecule has 4 N–H and O–H groups in total. The van der Waals surface area contributed by atoms with Gasteiger partial charge in [-0.15, -0.1) is 0 Å². The lowest BCUT2D eigenvalue weighted by Gasteiger charge is -2.53. The molecule has 1 atom stereocenters. The number of aromatic hydroxyl groups is 1. The Labute approximate surface area is 271 Å². The third kappa shape index (κ3) is 5.90. The van der Waals surface area contributed by atoms with Crippen molar-refractivity contribution in [3.05, 3.63) is 65.4 Å². The number of rotatable bonds is 10. The van der Waals surface area contributed by atoms with E-state index in [1.165, 1.54) is 18.2 Å². The van der Waals surface area contributed by atoms with Crippen LogP contribution >= 0.6 is 0 Å². The number of hydrogen-bond acceptors (Lipinski definition) is 10. The molecule has 1 aliphatic heterocycles. The molecule has 3 aromatic rings. The first kappa shape index (κ1) is 32.0. The van der Waals surface area contributed by atoms with Gasteiger partial charge < -0.3 is 34.9 Å². The molecule has 2 aromatic carbocycles. The summed E-state index contributed by atoms with van der Waals surface area (Å²) in [5.74, 6) is -3.47. The van der Waals surface area contributed by atoms with Gasteiger partial charge in [0, 0.05) is 37.9 Å². The summed E-state index contributed by atoms with van der Waals surface area (Å²) in [6.45, 7) is 3.35. The number of likely N-dealkylation sites (N-methyl/N-ethyl adjacent to an activating group) is 1. The molecule has 4 aliphatic rings. The number of fused-ring (bicyclic) bond motifs is 3. The molecule has 2 bridgehead atoms. The SMILES string of the molecule is CCOC(=O)C12CCC(CC1)CC2N(C)c1ccc(Oc2c(F)cnc(Oc3cc(C(=N)N)ccc3O)c2F)c(C2=NCCN2C)c1. The maximum Gasteiger partial charge on any atom is 0.314 e. The highest BCUT2D eigenvalue weighted by atomic mass is 19.1. The number of carbonyl (C=O) groups is 1. The summed E-state index contributed by atoms with van der Waals surface area (Å²) in [5.41, 5.74) is 6.47. The molecule has 11 nitrogen and oxygen atoms in total. The third-order valence-corrected chi connectivity index (χ3v) is 9.60. The second-order valence-corrected chi connectivity index (χ2v) is 12.3. The Morgan fingerprint density at radius 1 is 1.17 bits per heavy atom. The first-order valence-corrected chi connectivity index (χ1v) is 15.7. The van der Waals surface area contributed by atoms with Crippen molar-refractivity contribution in [2.45, 2.75) is 45.1 Å². The first-order valence-electron chi connectivity index (χ1n) is 15.7. The van der Waals surface area contributed by atoms with E-state index < -0.39 is 28.7 Å². The van der Waals surface area contributed by atoms with Gasteiger partial charge in [-0.25, -0.2) is 9.37 Å². The summed E-state index contributed by atoms with van der Waals surface area (Å²) in [7, 11) is 3.84. The van der Waals surface area contributed by atoms with Crippen LogP contribution in [0.5, 0.6) is 28.9 Å². The van der Waals surface area contributed by atoms with Crippen molar-refractivity contribution in [2.24, 2.45) is 22.1 Å². The molecule has 3 fully saturated rings. The Kier molecular flexibility index (Phi) is 8.64. The number of phenolic OH excluding ortho intramolecular Hbond substituents is 1. The lowest BCUT2D eigenvalue weighted by Crippen LogP contribution is -2.58. The Morgan fingerprint density at radius 3 is 2.62 bits per heavy atom. The fourth-order valence-electron chi connectivity index (χ4n) is 7.03. The number of carbonyl (C=O) groups excluding carboxylic acids is 1. The first-order chi connectivity index (χ1) is 22.5. The number of nitrogen functional groups attached to an aromatic ring is 1. The maximum atomic E-state index is 15.8. The largest absolute Gasteiger partial charge is 0.504 e. The number of benzene rings is 2. The van der Waals surface area contributed by atoms with Gasteiger partial charge in [0.25, 0.3) is 5.88 Å². The van der Waals surface area contributed by atoms with Crippen LogP contribution in [0.3, 0.4) is 0 Å². The highest BCUT2D eigenvalue weighted by molar-refractivity contribution is 6.03. The molecular weight excluding hydrogens is 610 g/mol. The number of halogens is 2. The second kappa shape index (κ2) is 12.7. The van der Waals surface area contributed by atoms with Crippen molar-refractivity contribution in [3.63, 3.8) is 0 Å². The molecular formula is C34H38F2N6O5. The van der Waals surface area contributed by atoms with Crippen LogP contribution in [0.15, 0.2) is 47.6 Å². The van der Waals surface area contributed by atoms with E-state index in [0.717, 1.165) is 44.0 Å². The Balaban J connectivity index is 1.35. The third-order valence-electron chi connectivity index (χ3n) is 9.60. The zero-order chi connectivity index (χ0) is 33.5. The zero-order valence-electron chi connectivity index (χ0n) is 26.6. The Bertz CT molecular complexity index is 1740. The molecule has 3 saturated carbocycles. The van der Waals surface area contributed by atoms with E-state index in [-0.39, 0.29) is 40.7 Å². The number of nitrogens with two attached hydrogens (primary N) is 1. The summed E-state index contributed by atoms with van der Waals surface area (Å²) >= 11 is 0. The summed E-state index contributed by atoms with van der Waals surface area (Å²) in [5, 5.41) is 17.9. The number of esters is 1. The number of nitrogens with one attached hydrogen (secondary N) is 1. The molecule has 1 unspecified atom stereocenters. The summed E-state index contributed by atoms with van der Waals surface area (Å²) < 4.78 is 48.0. The molecule has 3 aliphatic carbocycles. The van der Waals surface area contributed by atoms with E-state index in [4.69, 9.17) is 25.4 Å². The minimum atomic E-state index is -1.24. The topological polar surface area (TPSA) is 147 Å². The molecule has 0 radical (unpaired) electrons. The van der Waals surface area contributed by atoms with Gasteiger partial charge in [0.1, 0.15) is 17.4 Å². The van der Waals surface area contributed by atoms with Crippen molar-refractivity contribution in [1.82, 2.24) is 9.88 Å². The van der Waals surface area contributed by atoms with E-state index in [9.17, 15) is 9.90 Å². The lowest BCUT2D eigenvalue weighted by atomic mass is 9.57. The van der Waals surface area contributed by atoms with Crippen LogP contribution in [0.2, 0.25) is 0 Å². The monoisotopic (exact) mass is 648 g/mol. The molecule has 7 rings (SSSR count). The highest BCUT2D eigenvalue weighted by Crippen LogP contribution is 2.53. The van der Waals surface area contributed by atoms with Gasteiger partial charge >= 0.3 is 5.97 Å². The number of anilines is 1. The van der Waals surface area contributed by atoms with Crippen molar-refractivity contribution >= 4 is 23.3 Å². The molecule has 0 spiro atoms. The van der Waals surface area contributed by atoms with Crippen LogP contribution in [0.1, 0.15) is 50.2 Å². The van der Waals surface area contributed by atoms with Gasteiger partial charge in [0.2, 0.25) is 11.6 Å². The predicted octanol–water partition coefficient (Wildman–Crippen LogP) is 5.57. The minimum Gasteiger partial charge on any atom is -0.504 e. The second-order valence-electron chi connectivity index (χ2n) is 12.3. The number of amidine groups is 2. The number of aromatic nitrogens is 1. The molecule has 0 saturated heterocycles. The summed E-state index contributed by atoms with van der Waals surface area (Å²) in [6.07, 6.45) is 5.17. The number of phenols is 1. The number of hydrogen-bond donors (Lipinski definition) is 3. The number of pyridine rings is 1. The Morgan fingerprint density at radius 2 is 1.94 bits per heavy atom. The lowest BCUT2D eigenvalue weighted by molar-refractivity contribution is -0.163. The average Bonchev–Trinajstić information content (AvgIpc) is 3.50. The van der Waals surface area contributed by atoms with Gasteiger partial charge in [-0.3, -0.25) is 15.2 Å². The fourth-order valence-corrected chi connectivity index (χ4v) is 7.03. The van der Waals surface area contributed by atoms with Gasteiger partial charge in [0.15, 0.2) is 17.3 Å². The zero-order valence-corrected chi connectivity index (χ0v) is 26.6. The van der Waals surface area contributed by atoms with Crippen molar-refractivity contribution < 1.29 is 32.9 Å². The predicted molar refractivity (Wildman–Crippen MR) is 172 cm³/mol. The van der Waals surface area contributed by atoms with E-state index in [0.29, 0.717) is 37.0 Å². The standard InChI is InChI=1S/C34H38F2N6O5/c1-4-45-33(44)34-11-9-19(10-12-34)15-27(34)42(3)21-6-8-25(22(17-21)31-39-13-14-41(31)2)46-29-23(35)18-40-32(28(29)36)47-26-16-20(30(37)38)5-7-24(26)43/h5-8,16-19,27,43H,4,9-15H2,1-3H3,(H3,37,38). The van der Waals surface area contributed by atoms with Crippen LogP contribution in [-0.2, 0) is 9.53 Å². The highest BCUT2D eigenvalue weighted by Gasteiger charge is 2.55. The normalized spacial score (nSPS) is 21.7. The maximum absolute atomic E-state index is 15.8. The van der Waals surface area contributed by atoms with Gasteiger partial charge in [-0.2, -0.15) is 4.39 Å². The summed E-state index contributed by atoms with van der Waals surface area (Å²) in [4.78, 5) is 25.8. The molecule has 47 heavy (non-hydrogen) atoms. The van der Waals surface area contributed by atoms with E-state index in [2.05, 4.69) is 14.9 Å². The van der Waals surface area contributed by atoms with Crippen molar-refractivity contribution in [3.8, 4) is 28.9 Å². The van der Waals surface area contributed by atoms with Crippen molar-refractivity contribution in [2.75, 3.05) is 38.7 Å². The number of ether oxygens (including phenoxy) is 3. The smallest absolute Gasteiger partial charge is 0.314 e. The Hall–Kier alpha value is -4.94. The van der Waals surface area contributed by atoms with E-state index in [1.54, 1.807) is 12.1 Å². The minimum absolute atomic E-state index is 0.0790. The van der Waals surface area contributed by atoms with Gasteiger partial charge in [0.05, 0.1) is 30.3 Å². The number of aliphatic imine (C=N–C) groups is 1. The molecule has 248 valence electrons. The molecule has 0 amide bonds. The van der Waals surface area contributed by atoms with Gasteiger partial charge in [-0.1, -0.05) is 0 Å². The van der Waals surface area contributed by atoms with Crippen molar-refractivity contribution in [1.29, 1.82) is 5.41 Å². The average molecular weight is 649 g/mol. The fraction of sp³-hybridized carbons (Fsp3) is 0.412. The molecule has 2 heterocycles. The summed E-state index contributed by atoms with van der Waals surface area (Å²) in [6, 6.07) is 9.11. The van der Waals surface area contributed by atoms with Gasteiger partial charge in [-0.05, 0) is 81.3 Å². The quantitative estimate of drug-likeness (QED) is 0.146. The van der Waals surface area contributed by atoms with Crippen LogP contribution < -0.4 is 20.1 Å². The van der Waals surface area contributed by atoms with Crippen LogP contribution in [-0.4, -0.2) is 72.5 Å². The van der Waals surface area contributed by atoms with Crippen LogP contribution in [0.4, 0.5) is 14.5 Å². The van der Waals surface area contributed by atoms with E-state index >= 15 is 8.78 Å².